The van der Waals surface area contributed by atoms with E-state index < -0.39 is 0 Å². The minimum absolute atomic E-state index is 0.363. The van der Waals surface area contributed by atoms with Crippen molar-refractivity contribution in [3.8, 4) is 17.1 Å². The van der Waals surface area contributed by atoms with Crippen LogP contribution in [-0.2, 0) is 0 Å². The SMILES string of the molecule is C=CCSc1nnc2c(n1)O[C@@H](c1ccc(C(C)C)cc1)Nc1ccccc1-2. The highest BCUT2D eigenvalue weighted by molar-refractivity contribution is 7.99. The first-order valence-corrected chi connectivity index (χ1v) is 10.2. The van der Waals surface area contributed by atoms with Crippen molar-refractivity contribution in [2.75, 3.05) is 11.1 Å². The molecule has 1 aliphatic heterocycles. The van der Waals surface area contributed by atoms with Gasteiger partial charge in [-0.15, -0.1) is 16.8 Å². The number of fused-ring (bicyclic) bond motifs is 3. The van der Waals surface area contributed by atoms with Gasteiger partial charge in [-0.2, -0.15) is 4.98 Å². The lowest BCUT2D eigenvalue weighted by Gasteiger charge is -2.20. The molecule has 2 aromatic carbocycles. The third-order valence-electron chi connectivity index (χ3n) is 4.57. The van der Waals surface area contributed by atoms with Crippen LogP contribution in [0.15, 0.2) is 66.3 Å². The fraction of sp³-hybridized carbons (Fsp3) is 0.227. The predicted octanol–water partition coefficient (Wildman–Crippen LogP) is 5.44. The number of aromatic nitrogens is 3. The Bertz CT molecular complexity index is 988. The maximum absolute atomic E-state index is 6.28. The van der Waals surface area contributed by atoms with E-state index in [1.807, 2.05) is 30.3 Å². The second-order valence-electron chi connectivity index (χ2n) is 6.86. The van der Waals surface area contributed by atoms with Crippen molar-refractivity contribution in [1.82, 2.24) is 15.2 Å². The summed E-state index contributed by atoms with van der Waals surface area (Å²) in [4.78, 5) is 4.61. The Morgan fingerprint density at radius 2 is 1.93 bits per heavy atom. The van der Waals surface area contributed by atoms with E-state index in [2.05, 4.69) is 65.2 Å². The maximum atomic E-state index is 6.28. The zero-order valence-corrected chi connectivity index (χ0v) is 16.7. The first-order valence-electron chi connectivity index (χ1n) is 9.26. The Hall–Kier alpha value is -2.86. The number of rotatable bonds is 5. The first-order chi connectivity index (χ1) is 13.7. The molecule has 0 bridgehead atoms. The van der Waals surface area contributed by atoms with E-state index in [0.717, 1.165) is 22.6 Å². The fourth-order valence-corrected chi connectivity index (χ4v) is 3.56. The molecule has 1 aromatic heterocycles. The average Bonchev–Trinajstić information content (AvgIpc) is 2.88. The molecule has 0 radical (unpaired) electrons. The van der Waals surface area contributed by atoms with E-state index in [4.69, 9.17) is 4.74 Å². The van der Waals surface area contributed by atoms with Crippen LogP contribution in [0.2, 0.25) is 0 Å². The quantitative estimate of drug-likeness (QED) is 0.462. The number of thioether (sulfide) groups is 1. The summed E-state index contributed by atoms with van der Waals surface area (Å²) in [6.45, 7) is 8.12. The largest absolute Gasteiger partial charge is 0.448 e. The number of ether oxygens (including phenoxy) is 1. The minimum Gasteiger partial charge on any atom is -0.448 e. The monoisotopic (exact) mass is 390 g/mol. The van der Waals surface area contributed by atoms with Crippen molar-refractivity contribution < 1.29 is 4.74 Å². The van der Waals surface area contributed by atoms with Crippen molar-refractivity contribution in [3.05, 3.63) is 72.3 Å². The van der Waals surface area contributed by atoms with Gasteiger partial charge in [0.25, 0.3) is 0 Å². The van der Waals surface area contributed by atoms with Gasteiger partial charge >= 0.3 is 0 Å². The van der Waals surface area contributed by atoms with Crippen molar-refractivity contribution in [3.63, 3.8) is 0 Å². The van der Waals surface area contributed by atoms with Gasteiger partial charge < -0.3 is 10.1 Å². The molecule has 0 spiro atoms. The summed E-state index contributed by atoms with van der Waals surface area (Å²) in [6.07, 6.45) is 1.45. The Balaban J connectivity index is 1.75. The molecule has 1 aliphatic rings. The van der Waals surface area contributed by atoms with Gasteiger partial charge in [0.15, 0.2) is 11.9 Å². The van der Waals surface area contributed by atoms with Crippen molar-refractivity contribution >= 4 is 17.4 Å². The zero-order chi connectivity index (χ0) is 19.5. The molecule has 1 atom stereocenters. The van der Waals surface area contributed by atoms with E-state index in [1.54, 1.807) is 0 Å². The molecule has 28 heavy (non-hydrogen) atoms. The van der Waals surface area contributed by atoms with E-state index >= 15 is 0 Å². The number of benzene rings is 2. The van der Waals surface area contributed by atoms with Gasteiger partial charge in [-0.25, -0.2) is 0 Å². The van der Waals surface area contributed by atoms with E-state index in [-0.39, 0.29) is 6.23 Å². The molecule has 6 heteroatoms. The molecule has 1 N–H and O–H groups in total. The summed E-state index contributed by atoms with van der Waals surface area (Å²) in [5.41, 5.74) is 4.85. The van der Waals surface area contributed by atoms with Crippen LogP contribution in [0, 0.1) is 0 Å². The first kappa shape index (κ1) is 18.5. The molecule has 0 fully saturated rings. The molecule has 2 heterocycles. The highest BCUT2D eigenvalue weighted by atomic mass is 32.2. The van der Waals surface area contributed by atoms with Gasteiger partial charge in [0.1, 0.15) is 0 Å². The number of anilines is 1. The maximum Gasteiger partial charge on any atom is 0.247 e. The molecule has 0 saturated heterocycles. The van der Waals surface area contributed by atoms with E-state index in [0.29, 0.717) is 22.6 Å². The van der Waals surface area contributed by atoms with Crippen LogP contribution in [0.25, 0.3) is 11.3 Å². The number of nitrogens with zero attached hydrogens (tertiary/aromatic N) is 3. The zero-order valence-electron chi connectivity index (χ0n) is 15.9. The summed E-state index contributed by atoms with van der Waals surface area (Å²) < 4.78 is 6.28. The summed E-state index contributed by atoms with van der Waals surface area (Å²) in [5, 5.41) is 12.7. The number of hydrogen-bond acceptors (Lipinski definition) is 6. The van der Waals surface area contributed by atoms with Crippen LogP contribution in [0.3, 0.4) is 0 Å². The van der Waals surface area contributed by atoms with Crippen LogP contribution < -0.4 is 10.1 Å². The number of para-hydroxylation sites is 1. The second-order valence-corrected chi connectivity index (χ2v) is 7.84. The topological polar surface area (TPSA) is 59.9 Å². The van der Waals surface area contributed by atoms with Gasteiger partial charge in [-0.3, -0.25) is 0 Å². The Morgan fingerprint density at radius 3 is 2.68 bits per heavy atom. The van der Waals surface area contributed by atoms with Crippen molar-refractivity contribution in [1.29, 1.82) is 0 Å². The second kappa shape index (κ2) is 8.02. The minimum atomic E-state index is -0.363. The third kappa shape index (κ3) is 3.73. The Morgan fingerprint density at radius 1 is 1.14 bits per heavy atom. The van der Waals surface area contributed by atoms with Gasteiger partial charge in [-0.1, -0.05) is 74.1 Å². The summed E-state index contributed by atoms with van der Waals surface area (Å²) >= 11 is 1.48. The predicted molar refractivity (Wildman–Crippen MR) is 114 cm³/mol. The van der Waals surface area contributed by atoms with E-state index in [9.17, 15) is 0 Å². The lowest BCUT2D eigenvalue weighted by Crippen LogP contribution is -2.17. The molecule has 0 aliphatic carbocycles. The van der Waals surface area contributed by atoms with Crippen LogP contribution >= 0.6 is 11.8 Å². The molecule has 0 amide bonds. The molecule has 3 aromatic rings. The van der Waals surface area contributed by atoms with Gasteiger partial charge in [0.2, 0.25) is 11.0 Å². The fourth-order valence-electron chi connectivity index (χ4n) is 3.05. The molecule has 0 saturated carbocycles. The van der Waals surface area contributed by atoms with Gasteiger partial charge in [0.05, 0.1) is 0 Å². The molecule has 0 unspecified atom stereocenters. The summed E-state index contributed by atoms with van der Waals surface area (Å²) in [7, 11) is 0. The number of hydrogen-bond donors (Lipinski definition) is 1. The molecular weight excluding hydrogens is 368 g/mol. The molecule has 4 rings (SSSR count). The van der Waals surface area contributed by atoms with Crippen molar-refractivity contribution in [2.45, 2.75) is 31.1 Å². The highest BCUT2D eigenvalue weighted by Crippen LogP contribution is 2.39. The van der Waals surface area contributed by atoms with Gasteiger partial charge in [-0.05, 0) is 17.5 Å². The lowest BCUT2D eigenvalue weighted by atomic mass is 10.0. The molecular formula is C22H22N4OS. The van der Waals surface area contributed by atoms with Crippen molar-refractivity contribution in [2.24, 2.45) is 0 Å². The summed E-state index contributed by atoms with van der Waals surface area (Å²) in [5.74, 6) is 1.69. The normalized spacial score (nSPS) is 15.0. The van der Waals surface area contributed by atoms with E-state index in [1.165, 1.54) is 17.3 Å². The smallest absolute Gasteiger partial charge is 0.247 e. The molecule has 5 nitrogen and oxygen atoms in total. The van der Waals surface area contributed by atoms with Crippen LogP contribution in [0.5, 0.6) is 5.88 Å². The van der Waals surface area contributed by atoms with Crippen LogP contribution in [0.4, 0.5) is 5.69 Å². The Kier molecular flexibility index (Phi) is 5.30. The Labute approximate surface area is 169 Å². The van der Waals surface area contributed by atoms with Crippen LogP contribution in [0.1, 0.15) is 37.1 Å². The standard InChI is InChI=1S/C22H22N4OS/c1-4-13-28-22-24-21-19(25-26-22)17-7-5-6-8-18(17)23-20(27-21)16-11-9-15(10-12-16)14(2)3/h4-12,14,20,23H,1,13H2,2-3H3/t20-/m0/s1. The number of nitrogens with one attached hydrogen (secondary N) is 1. The van der Waals surface area contributed by atoms with Crippen LogP contribution in [-0.4, -0.2) is 20.9 Å². The third-order valence-corrected chi connectivity index (χ3v) is 5.40. The summed E-state index contributed by atoms with van der Waals surface area (Å²) in [6, 6.07) is 16.5. The average molecular weight is 391 g/mol. The highest BCUT2D eigenvalue weighted by Gasteiger charge is 2.26. The molecule has 142 valence electrons. The lowest BCUT2D eigenvalue weighted by molar-refractivity contribution is 0.225. The van der Waals surface area contributed by atoms with Gasteiger partial charge in [0, 0.05) is 22.6 Å².